The molecule has 2 aliphatic heterocycles. The minimum atomic E-state index is 0.435. The summed E-state index contributed by atoms with van der Waals surface area (Å²) < 4.78 is 11.2. The number of ether oxygens (including phenoxy) is 2. The van der Waals surface area contributed by atoms with E-state index in [-0.39, 0.29) is 0 Å². The van der Waals surface area contributed by atoms with Gasteiger partial charge in [-0.25, -0.2) is 0 Å². The van der Waals surface area contributed by atoms with Crippen LogP contribution >= 0.6 is 0 Å². The third kappa shape index (κ3) is 7.61. The highest BCUT2D eigenvalue weighted by molar-refractivity contribution is 5.80. The number of hydrogen-bond donors (Lipinski definition) is 2. The van der Waals surface area contributed by atoms with Crippen LogP contribution in [-0.4, -0.2) is 69.0 Å². The van der Waals surface area contributed by atoms with E-state index < -0.39 is 0 Å². The van der Waals surface area contributed by atoms with Crippen LogP contribution in [0.4, 0.5) is 0 Å². The molecule has 3 unspecified atom stereocenters. The molecule has 162 valence electrons. The van der Waals surface area contributed by atoms with Crippen molar-refractivity contribution in [2.75, 3.05) is 46.1 Å². The van der Waals surface area contributed by atoms with Gasteiger partial charge < -0.3 is 20.1 Å². The summed E-state index contributed by atoms with van der Waals surface area (Å²) in [5, 5.41) is 7.03. The molecule has 2 saturated heterocycles. The molecule has 3 atom stereocenters. The average Bonchev–Trinajstić information content (AvgIpc) is 3.35. The van der Waals surface area contributed by atoms with E-state index in [4.69, 9.17) is 14.5 Å². The summed E-state index contributed by atoms with van der Waals surface area (Å²) in [5.41, 5.74) is 1.38. The normalized spacial score (nSPS) is 25.4. The fraction of sp³-hybridized carbons (Fsp3) is 0.696. The van der Waals surface area contributed by atoms with Gasteiger partial charge in [-0.05, 0) is 38.7 Å². The zero-order chi connectivity index (χ0) is 20.3. The Kier molecular flexibility index (Phi) is 9.25. The van der Waals surface area contributed by atoms with Gasteiger partial charge in [-0.2, -0.15) is 0 Å². The Morgan fingerprint density at radius 1 is 1.31 bits per heavy atom. The molecule has 1 aromatic rings. The summed E-state index contributed by atoms with van der Waals surface area (Å²) in [4.78, 5) is 7.30. The van der Waals surface area contributed by atoms with Crippen molar-refractivity contribution in [2.45, 2.75) is 51.7 Å². The number of aliphatic imine (C=N–C) groups is 1. The lowest BCUT2D eigenvalue weighted by atomic mass is 10.1. The van der Waals surface area contributed by atoms with Crippen LogP contribution in [0.25, 0.3) is 0 Å². The van der Waals surface area contributed by atoms with Crippen molar-refractivity contribution in [3.8, 4) is 0 Å². The predicted octanol–water partition coefficient (Wildman–Crippen LogP) is 2.65. The zero-order valence-electron chi connectivity index (χ0n) is 18.1. The quantitative estimate of drug-likeness (QED) is 0.358. The van der Waals surface area contributed by atoms with Crippen LogP contribution < -0.4 is 10.6 Å². The van der Waals surface area contributed by atoms with Crippen molar-refractivity contribution < 1.29 is 9.47 Å². The fourth-order valence-electron chi connectivity index (χ4n) is 4.08. The Morgan fingerprint density at radius 2 is 2.17 bits per heavy atom. The predicted molar refractivity (Wildman–Crippen MR) is 118 cm³/mol. The maximum Gasteiger partial charge on any atom is 0.191 e. The van der Waals surface area contributed by atoms with Crippen LogP contribution in [0.3, 0.4) is 0 Å². The van der Waals surface area contributed by atoms with Crippen LogP contribution in [0.5, 0.6) is 0 Å². The van der Waals surface area contributed by atoms with Crippen LogP contribution in [0.1, 0.15) is 38.7 Å². The van der Waals surface area contributed by atoms with Gasteiger partial charge in [0.15, 0.2) is 5.96 Å². The van der Waals surface area contributed by atoms with E-state index in [0.717, 1.165) is 77.8 Å². The molecule has 1 aromatic carbocycles. The lowest BCUT2D eigenvalue weighted by Gasteiger charge is -2.21. The molecular weight excluding hydrogens is 364 g/mol. The largest absolute Gasteiger partial charge is 0.381 e. The number of likely N-dealkylation sites (tertiary alicyclic amines) is 1. The Morgan fingerprint density at radius 3 is 2.93 bits per heavy atom. The first-order chi connectivity index (χ1) is 14.2. The van der Waals surface area contributed by atoms with Crippen LogP contribution in [0.15, 0.2) is 35.3 Å². The fourth-order valence-corrected chi connectivity index (χ4v) is 4.08. The molecule has 0 radical (unpaired) electrons. The summed E-state index contributed by atoms with van der Waals surface area (Å²) in [5.74, 6) is 1.51. The molecule has 0 saturated carbocycles. The van der Waals surface area contributed by atoms with Crippen molar-refractivity contribution in [3.05, 3.63) is 35.9 Å². The molecule has 6 nitrogen and oxygen atoms in total. The minimum Gasteiger partial charge on any atom is -0.381 e. The highest BCUT2D eigenvalue weighted by Crippen LogP contribution is 2.20. The van der Waals surface area contributed by atoms with E-state index in [0.29, 0.717) is 18.0 Å². The standard InChI is InChI=1S/C23H38N4O2/c1-3-24-23(25-11-7-12-28-17-21-10-13-29-18-21)26-22-14-19(2)27(16-22)15-20-8-5-4-6-9-20/h4-6,8-9,19,21-22H,3,7,10-18H2,1-2H3,(H2,24,25,26). The molecule has 0 amide bonds. The van der Waals surface area contributed by atoms with Crippen molar-refractivity contribution >= 4 is 5.96 Å². The van der Waals surface area contributed by atoms with E-state index >= 15 is 0 Å². The molecule has 2 aliphatic rings. The Balaban J connectivity index is 1.37. The molecule has 6 heteroatoms. The number of hydrogen-bond acceptors (Lipinski definition) is 4. The maximum absolute atomic E-state index is 5.78. The maximum atomic E-state index is 5.78. The SMILES string of the molecule is CCNC(=NCCCOCC1CCOC1)NC1CC(C)N(Cc2ccccc2)C1. The first kappa shape index (κ1) is 22.1. The van der Waals surface area contributed by atoms with E-state index in [1.54, 1.807) is 0 Å². The lowest BCUT2D eigenvalue weighted by molar-refractivity contribution is 0.0893. The van der Waals surface area contributed by atoms with Gasteiger partial charge in [-0.1, -0.05) is 30.3 Å². The second-order valence-electron chi connectivity index (χ2n) is 8.26. The van der Waals surface area contributed by atoms with Crippen molar-refractivity contribution in [2.24, 2.45) is 10.9 Å². The highest BCUT2D eigenvalue weighted by atomic mass is 16.5. The van der Waals surface area contributed by atoms with Gasteiger partial charge in [0.05, 0.1) is 13.2 Å². The van der Waals surface area contributed by atoms with Gasteiger partial charge in [0.25, 0.3) is 0 Å². The number of rotatable bonds is 10. The van der Waals surface area contributed by atoms with Gasteiger partial charge in [-0.3, -0.25) is 9.89 Å². The second kappa shape index (κ2) is 12.2. The Bertz CT molecular complexity index is 604. The molecule has 2 heterocycles. The van der Waals surface area contributed by atoms with E-state index in [2.05, 4.69) is 59.7 Å². The van der Waals surface area contributed by atoms with Crippen LogP contribution in [-0.2, 0) is 16.0 Å². The summed E-state index contributed by atoms with van der Waals surface area (Å²) in [6, 6.07) is 11.7. The molecule has 2 fully saturated rings. The van der Waals surface area contributed by atoms with Crippen LogP contribution in [0.2, 0.25) is 0 Å². The lowest BCUT2D eigenvalue weighted by Crippen LogP contribution is -2.44. The third-order valence-corrected chi connectivity index (χ3v) is 5.71. The zero-order valence-corrected chi connectivity index (χ0v) is 18.1. The molecule has 29 heavy (non-hydrogen) atoms. The molecule has 0 aromatic heterocycles. The Hall–Kier alpha value is -1.63. The van der Waals surface area contributed by atoms with E-state index in [1.807, 2.05) is 0 Å². The number of benzene rings is 1. The van der Waals surface area contributed by atoms with Crippen LogP contribution in [0, 0.1) is 5.92 Å². The molecule has 3 rings (SSSR count). The summed E-state index contributed by atoms with van der Waals surface area (Å²) in [6.45, 7) is 11.5. The summed E-state index contributed by atoms with van der Waals surface area (Å²) in [7, 11) is 0. The first-order valence-electron chi connectivity index (χ1n) is 11.2. The van der Waals surface area contributed by atoms with Gasteiger partial charge in [0.1, 0.15) is 0 Å². The number of nitrogens with zero attached hydrogens (tertiary/aromatic N) is 2. The Labute approximate surface area is 176 Å². The highest BCUT2D eigenvalue weighted by Gasteiger charge is 2.29. The van der Waals surface area contributed by atoms with E-state index in [1.165, 1.54) is 5.56 Å². The molecule has 0 aliphatic carbocycles. The topological polar surface area (TPSA) is 58.1 Å². The number of guanidine groups is 1. The molecular formula is C23H38N4O2. The van der Waals surface area contributed by atoms with Gasteiger partial charge in [-0.15, -0.1) is 0 Å². The van der Waals surface area contributed by atoms with E-state index in [9.17, 15) is 0 Å². The van der Waals surface area contributed by atoms with Crippen molar-refractivity contribution in [3.63, 3.8) is 0 Å². The third-order valence-electron chi connectivity index (χ3n) is 5.71. The molecule has 2 N–H and O–H groups in total. The number of nitrogens with one attached hydrogen (secondary N) is 2. The minimum absolute atomic E-state index is 0.435. The molecule has 0 spiro atoms. The van der Waals surface area contributed by atoms with Crippen molar-refractivity contribution in [1.82, 2.24) is 15.5 Å². The van der Waals surface area contributed by atoms with Gasteiger partial charge in [0, 0.05) is 57.4 Å². The second-order valence-corrected chi connectivity index (χ2v) is 8.26. The van der Waals surface area contributed by atoms with Gasteiger partial charge >= 0.3 is 0 Å². The monoisotopic (exact) mass is 402 g/mol. The average molecular weight is 403 g/mol. The summed E-state index contributed by atoms with van der Waals surface area (Å²) in [6.07, 6.45) is 3.23. The smallest absolute Gasteiger partial charge is 0.191 e. The van der Waals surface area contributed by atoms with Gasteiger partial charge in [0.2, 0.25) is 0 Å². The summed E-state index contributed by atoms with van der Waals surface area (Å²) >= 11 is 0. The first-order valence-corrected chi connectivity index (χ1v) is 11.2. The molecule has 0 bridgehead atoms. The van der Waals surface area contributed by atoms with Crippen molar-refractivity contribution in [1.29, 1.82) is 0 Å².